The van der Waals surface area contributed by atoms with Gasteiger partial charge >= 0.3 is 0 Å². The van der Waals surface area contributed by atoms with Crippen molar-refractivity contribution in [3.63, 3.8) is 0 Å². The highest BCUT2D eigenvalue weighted by molar-refractivity contribution is 6.30. The first-order valence-electron chi connectivity index (χ1n) is 6.12. The van der Waals surface area contributed by atoms with Crippen LogP contribution in [-0.2, 0) is 4.79 Å². The largest absolute Gasteiger partial charge is 0.371 e. The second kappa shape index (κ2) is 6.44. The van der Waals surface area contributed by atoms with Crippen molar-refractivity contribution in [1.29, 1.82) is 0 Å². The second-order valence-electron chi connectivity index (χ2n) is 4.62. The van der Waals surface area contributed by atoms with Gasteiger partial charge in [-0.3, -0.25) is 4.79 Å². The van der Waals surface area contributed by atoms with E-state index in [-0.39, 0.29) is 0 Å². The van der Waals surface area contributed by atoms with Gasteiger partial charge in [-0.1, -0.05) is 23.2 Å². The summed E-state index contributed by atoms with van der Waals surface area (Å²) in [6.07, 6.45) is 0.960. The molecule has 0 aliphatic carbocycles. The summed E-state index contributed by atoms with van der Waals surface area (Å²) >= 11 is 10.9. The number of amides is 1. The van der Waals surface area contributed by atoms with Crippen molar-refractivity contribution >= 4 is 34.8 Å². The fraction of sp³-hybridized carbons (Fsp3) is 0.462. The van der Waals surface area contributed by atoms with Crippen LogP contribution >= 0.6 is 23.2 Å². The summed E-state index contributed by atoms with van der Waals surface area (Å²) in [6, 6.07) is 7.65. The summed E-state index contributed by atoms with van der Waals surface area (Å²) in [5.74, 6) is -0.443. The van der Waals surface area contributed by atoms with Gasteiger partial charge in [0.25, 0.3) is 11.5 Å². The fourth-order valence-electron chi connectivity index (χ4n) is 2.21. The third-order valence-corrected chi connectivity index (χ3v) is 3.69. The highest BCUT2D eigenvalue weighted by Crippen LogP contribution is 2.24. The molecule has 0 saturated carbocycles. The summed E-state index contributed by atoms with van der Waals surface area (Å²) in [7, 11) is 0. The SMILES string of the molecule is O=C(NCC1CCN(c2ccc(Cl)cc2)C1)C(F)Cl. The second-order valence-corrected chi connectivity index (χ2v) is 5.44. The van der Waals surface area contributed by atoms with Crippen LogP contribution in [0.25, 0.3) is 0 Å². The molecular weight excluding hydrogens is 290 g/mol. The predicted molar refractivity (Wildman–Crippen MR) is 75.5 cm³/mol. The minimum atomic E-state index is -1.96. The number of hydrogen-bond donors (Lipinski definition) is 1. The molecule has 1 saturated heterocycles. The Hall–Kier alpha value is -1.000. The van der Waals surface area contributed by atoms with Gasteiger partial charge in [0.2, 0.25) is 0 Å². The molecule has 1 aromatic carbocycles. The van der Waals surface area contributed by atoms with Crippen LogP contribution < -0.4 is 10.2 Å². The lowest BCUT2D eigenvalue weighted by atomic mass is 10.1. The van der Waals surface area contributed by atoms with Crippen LogP contribution in [0.3, 0.4) is 0 Å². The number of benzene rings is 1. The van der Waals surface area contributed by atoms with E-state index >= 15 is 0 Å². The first kappa shape index (κ1) is 14.4. The van der Waals surface area contributed by atoms with Crippen molar-refractivity contribution in [2.75, 3.05) is 24.5 Å². The molecule has 1 aromatic rings. The van der Waals surface area contributed by atoms with Gasteiger partial charge in [0.1, 0.15) is 0 Å². The molecule has 1 fully saturated rings. The summed E-state index contributed by atoms with van der Waals surface area (Å²) in [5, 5.41) is 3.22. The maximum Gasteiger partial charge on any atom is 0.270 e. The lowest BCUT2D eigenvalue weighted by Crippen LogP contribution is -2.34. The van der Waals surface area contributed by atoms with E-state index in [9.17, 15) is 9.18 Å². The number of alkyl halides is 2. The van der Waals surface area contributed by atoms with Crippen molar-refractivity contribution in [2.24, 2.45) is 5.92 Å². The van der Waals surface area contributed by atoms with Crippen molar-refractivity contribution < 1.29 is 9.18 Å². The van der Waals surface area contributed by atoms with Gasteiger partial charge in [-0.25, -0.2) is 4.39 Å². The fourth-order valence-corrected chi connectivity index (χ4v) is 2.41. The van der Waals surface area contributed by atoms with E-state index < -0.39 is 11.5 Å². The smallest absolute Gasteiger partial charge is 0.270 e. The quantitative estimate of drug-likeness (QED) is 0.868. The van der Waals surface area contributed by atoms with E-state index in [1.165, 1.54) is 0 Å². The first-order valence-corrected chi connectivity index (χ1v) is 6.94. The number of carbonyl (C=O) groups excluding carboxylic acids is 1. The van der Waals surface area contributed by atoms with Crippen molar-refractivity contribution in [1.82, 2.24) is 5.32 Å². The van der Waals surface area contributed by atoms with Crippen LogP contribution in [0, 0.1) is 5.92 Å². The van der Waals surface area contributed by atoms with Crippen LogP contribution in [0.15, 0.2) is 24.3 Å². The Morgan fingerprint density at radius 1 is 1.47 bits per heavy atom. The number of nitrogens with zero attached hydrogens (tertiary/aromatic N) is 1. The highest BCUT2D eigenvalue weighted by atomic mass is 35.5. The number of halogens is 3. The van der Waals surface area contributed by atoms with Crippen LogP contribution in [0.4, 0.5) is 10.1 Å². The van der Waals surface area contributed by atoms with E-state index in [2.05, 4.69) is 10.2 Å². The lowest BCUT2D eigenvalue weighted by Gasteiger charge is -2.19. The molecule has 2 rings (SSSR count). The molecule has 2 unspecified atom stereocenters. The molecule has 0 bridgehead atoms. The minimum Gasteiger partial charge on any atom is -0.371 e. The molecule has 19 heavy (non-hydrogen) atoms. The average molecular weight is 305 g/mol. The summed E-state index contributed by atoms with van der Waals surface area (Å²) in [5.41, 5.74) is -0.854. The number of hydrogen-bond acceptors (Lipinski definition) is 2. The molecule has 0 spiro atoms. The molecule has 0 radical (unpaired) electrons. The van der Waals surface area contributed by atoms with E-state index in [1.54, 1.807) is 0 Å². The van der Waals surface area contributed by atoms with Gasteiger partial charge in [-0.05, 0) is 36.6 Å². The highest BCUT2D eigenvalue weighted by Gasteiger charge is 2.24. The van der Waals surface area contributed by atoms with Crippen LogP contribution in [-0.4, -0.2) is 31.2 Å². The molecule has 6 heteroatoms. The Balaban J connectivity index is 1.83. The maximum atomic E-state index is 12.5. The molecule has 1 N–H and O–H groups in total. The van der Waals surface area contributed by atoms with E-state index in [4.69, 9.17) is 23.2 Å². The Bertz CT molecular complexity index is 439. The average Bonchev–Trinajstić information content (AvgIpc) is 2.85. The summed E-state index contributed by atoms with van der Waals surface area (Å²) < 4.78 is 12.5. The van der Waals surface area contributed by atoms with E-state index in [1.807, 2.05) is 24.3 Å². The Kier molecular flexibility index (Phi) is 4.88. The molecular formula is C13H15Cl2FN2O. The van der Waals surface area contributed by atoms with Gasteiger partial charge in [-0.2, -0.15) is 0 Å². The van der Waals surface area contributed by atoms with Gasteiger partial charge in [-0.15, -0.1) is 0 Å². The molecule has 104 valence electrons. The monoisotopic (exact) mass is 304 g/mol. The van der Waals surface area contributed by atoms with Gasteiger partial charge in [0.05, 0.1) is 0 Å². The van der Waals surface area contributed by atoms with Gasteiger partial charge in [0.15, 0.2) is 0 Å². The van der Waals surface area contributed by atoms with Gasteiger partial charge in [0, 0.05) is 30.3 Å². The zero-order valence-corrected chi connectivity index (χ0v) is 11.8. The number of anilines is 1. The molecule has 3 nitrogen and oxygen atoms in total. The summed E-state index contributed by atoms with van der Waals surface area (Å²) in [6.45, 7) is 2.21. The third-order valence-electron chi connectivity index (χ3n) is 3.24. The lowest BCUT2D eigenvalue weighted by molar-refractivity contribution is -0.123. The predicted octanol–water partition coefficient (Wildman–Crippen LogP) is 2.82. The van der Waals surface area contributed by atoms with E-state index in [0.29, 0.717) is 17.5 Å². The molecule has 1 heterocycles. The van der Waals surface area contributed by atoms with Crippen LogP contribution in [0.2, 0.25) is 5.02 Å². The Morgan fingerprint density at radius 2 is 2.16 bits per heavy atom. The third kappa shape index (κ3) is 3.98. The van der Waals surface area contributed by atoms with Crippen LogP contribution in [0.1, 0.15) is 6.42 Å². The van der Waals surface area contributed by atoms with Gasteiger partial charge < -0.3 is 10.2 Å². The molecule has 2 atom stereocenters. The number of carbonyl (C=O) groups is 1. The molecule has 1 aliphatic heterocycles. The molecule has 1 amide bonds. The number of nitrogens with one attached hydrogen (secondary N) is 1. The van der Waals surface area contributed by atoms with Crippen molar-refractivity contribution in [3.8, 4) is 0 Å². The van der Waals surface area contributed by atoms with Crippen LogP contribution in [0.5, 0.6) is 0 Å². The van der Waals surface area contributed by atoms with E-state index in [0.717, 1.165) is 25.2 Å². The Morgan fingerprint density at radius 3 is 2.79 bits per heavy atom. The number of rotatable bonds is 4. The zero-order chi connectivity index (χ0) is 13.8. The Labute approximate surface area is 121 Å². The van der Waals surface area contributed by atoms with Crippen molar-refractivity contribution in [2.45, 2.75) is 12.1 Å². The topological polar surface area (TPSA) is 32.3 Å². The molecule has 0 aromatic heterocycles. The maximum absolute atomic E-state index is 12.5. The zero-order valence-electron chi connectivity index (χ0n) is 10.3. The first-order chi connectivity index (χ1) is 9.06. The molecule has 1 aliphatic rings. The normalized spacial score (nSPS) is 20.4. The van der Waals surface area contributed by atoms with Crippen molar-refractivity contribution in [3.05, 3.63) is 29.3 Å². The standard InChI is InChI=1S/C13H15Cl2FN2O/c14-10-1-3-11(4-2-10)18-6-5-9(8-18)7-17-13(19)12(15)16/h1-4,9,12H,5-8H2,(H,17,19). The summed E-state index contributed by atoms with van der Waals surface area (Å²) in [4.78, 5) is 13.3. The minimum absolute atomic E-state index is 0.315.